The van der Waals surface area contributed by atoms with E-state index >= 15 is 0 Å². The Kier molecular flexibility index (Phi) is 2.58. The number of halogens is 3. The molecular weight excluding hydrogens is 276 g/mol. The summed E-state index contributed by atoms with van der Waals surface area (Å²) >= 11 is 16.9. The molecule has 1 aromatic carbocycles. The number of para-hydroxylation sites is 1. The van der Waals surface area contributed by atoms with Crippen LogP contribution in [0, 0.1) is 0 Å². The van der Waals surface area contributed by atoms with Crippen molar-refractivity contribution in [3.63, 3.8) is 0 Å². The van der Waals surface area contributed by atoms with Crippen molar-refractivity contribution < 1.29 is 9.90 Å². The van der Waals surface area contributed by atoms with Gasteiger partial charge in [-0.1, -0.05) is 21.8 Å². The van der Waals surface area contributed by atoms with Crippen LogP contribution in [0.3, 0.4) is 0 Å². The molecule has 8 heteroatoms. The summed E-state index contributed by atoms with van der Waals surface area (Å²) in [6.45, 7) is 0. The molecule has 0 N–H and O–H groups in total. The Hall–Kier alpha value is -0.880. The fourth-order valence-electron chi connectivity index (χ4n) is 1.41. The number of carbonyl (C=O) groups excluding carboxylic acids is 1. The van der Waals surface area contributed by atoms with E-state index in [1.165, 1.54) is 6.07 Å². The number of nitrogens with zero attached hydrogens (tertiary/aromatic N) is 3. The number of amides is 1. The van der Waals surface area contributed by atoms with Gasteiger partial charge in [0.25, 0.3) is 6.09 Å². The maximum atomic E-state index is 11.2. The predicted molar refractivity (Wildman–Crippen MR) is 58.4 cm³/mol. The molecule has 0 bridgehead atoms. The summed E-state index contributed by atoms with van der Waals surface area (Å²) in [4.78, 5) is 11.2. The molecule has 0 aromatic heterocycles. The van der Waals surface area contributed by atoms with Gasteiger partial charge >= 0.3 is 3.92 Å². The second-order valence-corrected chi connectivity index (χ2v) is 5.27. The monoisotopic (exact) mass is 279 g/mol. The highest BCUT2D eigenvalue weighted by molar-refractivity contribution is 6.68. The minimum absolute atomic E-state index is 0.155. The summed E-state index contributed by atoms with van der Waals surface area (Å²) < 4.78 is -3.54. The summed E-state index contributed by atoms with van der Waals surface area (Å²) in [5.41, 5.74) is 0.487. The highest BCUT2D eigenvalue weighted by Crippen LogP contribution is 2.50. The van der Waals surface area contributed by atoms with Crippen molar-refractivity contribution in [1.82, 2.24) is 4.59 Å². The van der Waals surface area contributed by atoms with E-state index < -0.39 is 14.6 Å². The minimum Gasteiger partial charge on any atom is -0.496 e. The molecule has 1 aromatic rings. The van der Waals surface area contributed by atoms with Crippen LogP contribution in [0.5, 0.6) is 0 Å². The van der Waals surface area contributed by atoms with E-state index in [9.17, 15) is 9.90 Å². The van der Waals surface area contributed by atoms with Gasteiger partial charge in [0.1, 0.15) is 0 Å². The predicted octanol–water partition coefficient (Wildman–Crippen LogP) is 2.68. The second-order valence-electron chi connectivity index (χ2n) is 3.05. The van der Waals surface area contributed by atoms with Crippen LogP contribution in [-0.2, 0) is 0 Å². The molecule has 84 valence electrons. The van der Waals surface area contributed by atoms with Crippen molar-refractivity contribution in [2.45, 2.75) is 3.92 Å². The number of benzene rings is 1. The molecule has 0 spiro atoms. The first-order valence-electron chi connectivity index (χ1n) is 4.10. The zero-order chi connectivity index (χ0) is 12.0. The van der Waals surface area contributed by atoms with E-state index in [2.05, 4.69) is 10.3 Å². The van der Waals surface area contributed by atoms with E-state index in [-0.39, 0.29) is 5.69 Å². The highest BCUT2D eigenvalue weighted by atomic mass is 35.6. The molecule has 0 saturated heterocycles. The number of fused-ring (bicyclic) bond motifs is 1. The molecule has 1 heterocycles. The molecule has 1 aliphatic rings. The molecule has 1 atom stereocenters. The van der Waals surface area contributed by atoms with Crippen molar-refractivity contribution in [2.75, 3.05) is 0 Å². The Morgan fingerprint density at radius 2 is 1.94 bits per heavy atom. The third kappa shape index (κ3) is 1.40. The number of carboxylic acid groups (broad SMARTS) is 1. The van der Waals surface area contributed by atoms with Gasteiger partial charge in [-0.2, -0.15) is 0 Å². The first kappa shape index (κ1) is 11.6. The average molecular weight is 280 g/mol. The van der Waals surface area contributed by atoms with Crippen molar-refractivity contribution >= 4 is 52.3 Å². The van der Waals surface area contributed by atoms with E-state index in [4.69, 9.17) is 34.8 Å². The minimum atomic E-state index is -2.23. The van der Waals surface area contributed by atoms with E-state index in [1.54, 1.807) is 18.2 Å². The molecule has 0 radical (unpaired) electrons. The van der Waals surface area contributed by atoms with Gasteiger partial charge < -0.3 is 9.90 Å². The van der Waals surface area contributed by atoms with Crippen LogP contribution < -0.4 is 9.70 Å². The summed E-state index contributed by atoms with van der Waals surface area (Å²) in [5, 5.41) is 18.4. The van der Waals surface area contributed by atoms with Crippen LogP contribution in [0.4, 0.5) is 16.2 Å². The van der Waals surface area contributed by atoms with Crippen LogP contribution in [0.1, 0.15) is 0 Å². The first-order valence-corrected chi connectivity index (χ1v) is 5.23. The van der Waals surface area contributed by atoms with Gasteiger partial charge in [0, 0.05) is 11.3 Å². The first-order chi connectivity index (χ1) is 7.39. The van der Waals surface area contributed by atoms with Crippen molar-refractivity contribution in [2.24, 2.45) is 10.3 Å². The van der Waals surface area contributed by atoms with Gasteiger partial charge in [-0.25, -0.2) is 0 Å². The molecule has 16 heavy (non-hydrogen) atoms. The lowest BCUT2D eigenvalue weighted by molar-refractivity contribution is -0.264. The lowest BCUT2D eigenvalue weighted by Gasteiger charge is -2.31. The second kappa shape index (κ2) is 3.56. The van der Waals surface area contributed by atoms with Crippen LogP contribution in [0.2, 0.25) is 0 Å². The highest BCUT2D eigenvalue weighted by Gasteiger charge is 2.58. The molecule has 1 unspecified atom stereocenters. The Balaban J connectivity index is 2.71. The normalized spacial score (nSPS) is 23.2. The maximum absolute atomic E-state index is 11.2. The van der Waals surface area contributed by atoms with Gasteiger partial charge in [-0.15, -0.1) is 0 Å². The number of hydrogen-bond donors (Lipinski definition) is 0. The molecule has 0 aliphatic carbocycles. The number of hydrogen-bond acceptors (Lipinski definition) is 4. The lowest BCUT2D eigenvalue weighted by atomic mass is 10.2. The number of carbonyl (C=O) groups is 1. The van der Waals surface area contributed by atoms with Crippen molar-refractivity contribution in [3.05, 3.63) is 24.3 Å². The molecule has 5 nitrogen and oxygen atoms in total. The Morgan fingerprint density at radius 1 is 1.31 bits per heavy atom. The summed E-state index contributed by atoms with van der Waals surface area (Å²) in [6.07, 6.45) is -1.66. The fraction of sp³-hybridized carbons (Fsp3) is 0.125. The number of rotatable bonds is 0. The fourth-order valence-corrected chi connectivity index (χ4v) is 1.99. The van der Waals surface area contributed by atoms with Gasteiger partial charge in [-0.3, -0.25) is 0 Å². The average Bonchev–Trinajstić information content (AvgIpc) is 2.56. The van der Waals surface area contributed by atoms with Crippen molar-refractivity contribution in [3.8, 4) is 0 Å². The van der Waals surface area contributed by atoms with Gasteiger partial charge in [0.15, 0.2) is 11.4 Å². The maximum Gasteiger partial charge on any atom is 0.366 e. The van der Waals surface area contributed by atoms with Crippen LogP contribution >= 0.6 is 34.8 Å². The van der Waals surface area contributed by atoms with E-state index in [0.29, 0.717) is 5.69 Å². The zero-order valence-corrected chi connectivity index (χ0v) is 9.87. The molecule has 0 fully saturated rings. The third-order valence-electron chi connectivity index (χ3n) is 2.15. The van der Waals surface area contributed by atoms with Gasteiger partial charge in [-0.05, 0) is 40.9 Å². The number of quaternary nitrogens is 1. The van der Waals surface area contributed by atoms with Crippen LogP contribution in [0.15, 0.2) is 34.6 Å². The topological polar surface area (TPSA) is 64.8 Å². The van der Waals surface area contributed by atoms with Crippen LogP contribution in [-0.4, -0.2) is 10.0 Å². The molecule has 2 rings (SSSR count). The quantitative estimate of drug-likeness (QED) is 0.416. The summed E-state index contributed by atoms with van der Waals surface area (Å²) in [6, 6.07) is 6.30. The zero-order valence-electron chi connectivity index (χ0n) is 7.60. The third-order valence-corrected chi connectivity index (χ3v) is 2.88. The Labute approximate surface area is 105 Å². The SMILES string of the molecule is O=C([O-])[N+]1(C(Cl)(Cl)Cl)N=Nc2ccccc21. The summed E-state index contributed by atoms with van der Waals surface area (Å²) in [5.74, 6) is 0. The molecule has 1 aliphatic heterocycles. The smallest absolute Gasteiger partial charge is 0.366 e. The largest absolute Gasteiger partial charge is 0.496 e. The van der Waals surface area contributed by atoms with Gasteiger partial charge in [0.2, 0.25) is 0 Å². The van der Waals surface area contributed by atoms with E-state index in [0.717, 1.165) is 0 Å². The Bertz CT molecular complexity index is 486. The standard InChI is InChI=1S/C8H4Cl3N3O2/c9-8(10,11)14(7(15)16)6-4-2-1-3-5(6)12-13-14/h1-4H. The number of alkyl halides is 3. The molecular formula is C8H4Cl3N3O2. The molecule has 1 amide bonds. The summed E-state index contributed by atoms with van der Waals surface area (Å²) in [7, 11) is 0. The van der Waals surface area contributed by atoms with E-state index in [1.807, 2.05) is 0 Å². The Morgan fingerprint density at radius 3 is 2.50 bits per heavy atom. The lowest BCUT2D eigenvalue weighted by Crippen LogP contribution is -2.61. The van der Waals surface area contributed by atoms with Crippen LogP contribution in [0.25, 0.3) is 0 Å². The molecule has 0 saturated carbocycles. The van der Waals surface area contributed by atoms with Gasteiger partial charge in [0.05, 0.1) is 0 Å². The van der Waals surface area contributed by atoms with Crippen molar-refractivity contribution in [1.29, 1.82) is 0 Å².